The minimum Gasteiger partial charge on any atom is -0.378 e. The molecule has 2 unspecified atom stereocenters. The van der Waals surface area contributed by atoms with Gasteiger partial charge in [0, 0.05) is 109 Å². The summed E-state index contributed by atoms with van der Waals surface area (Å²) < 4.78 is 77.5. The Kier molecular flexibility index (Phi) is 15.1. The van der Waals surface area contributed by atoms with Gasteiger partial charge >= 0.3 is 6.03 Å². The van der Waals surface area contributed by atoms with Crippen LogP contribution in [0.2, 0.25) is 0 Å². The summed E-state index contributed by atoms with van der Waals surface area (Å²) in [4.78, 5) is 44.0. The fourth-order valence-corrected chi connectivity index (χ4v) is 10.7. The molecule has 15 nitrogen and oxygen atoms in total. The van der Waals surface area contributed by atoms with Crippen LogP contribution in [0.25, 0.3) is 55.7 Å². The topological polar surface area (TPSA) is 181 Å². The summed E-state index contributed by atoms with van der Waals surface area (Å²) >= 11 is 3.66. The Labute approximate surface area is 460 Å². The number of benzene rings is 3. The number of carbonyl (C=O) groups excluding carboxylic acids is 1. The van der Waals surface area contributed by atoms with E-state index < -0.39 is 29.3 Å². The highest BCUT2D eigenvalue weighted by Gasteiger charge is 2.29. The summed E-state index contributed by atoms with van der Waals surface area (Å²) in [6, 6.07) is 24.2. The maximum Gasteiger partial charge on any atom is 0.316 e. The molecule has 8 heterocycles. The van der Waals surface area contributed by atoms with Crippen LogP contribution in [0.3, 0.4) is 0 Å². The van der Waals surface area contributed by atoms with Gasteiger partial charge in [-0.25, -0.2) is 42.3 Å². The lowest BCUT2D eigenvalue weighted by molar-refractivity contribution is 0.0257. The maximum atomic E-state index is 17.5. The SMILES string of the molecule is Cc1c(-c2ccccn2)nc2cc(F)cc(F)c2c1Nc1cc(N2CCOC(CC(C)Cc3c(F)cc4nc(-c5ccccn5)c(C)c(Nc5cc(N6CCOCC6)ncc5Br)c4c3F)C2)ncc1-c1ccc(NC(N)=O)cc1. The lowest BCUT2D eigenvalue weighted by atomic mass is 9.92. The Balaban J connectivity index is 0.902. The van der Waals surface area contributed by atoms with Crippen molar-refractivity contribution in [1.82, 2.24) is 29.9 Å². The van der Waals surface area contributed by atoms with Gasteiger partial charge in [-0.2, -0.15) is 0 Å². The second kappa shape index (κ2) is 22.6. The predicted molar refractivity (Wildman–Crippen MR) is 303 cm³/mol. The van der Waals surface area contributed by atoms with E-state index in [9.17, 15) is 9.18 Å². The molecule has 2 aliphatic heterocycles. The van der Waals surface area contributed by atoms with Crippen LogP contribution in [-0.2, 0) is 15.9 Å². The van der Waals surface area contributed by atoms with Crippen LogP contribution in [0, 0.1) is 43.0 Å². The number of aromatic nitrogens is 6. The second-order valence-electron chi connectivity index (χ2n) is 19.7. The molecule has 0 saturated carbocycles. The van der Waals surface area contributed by atoms with Crippen molar-refractivity contribution in [3.05, 3.63) is 160 Å². The molecular weight excluding hydrogens is 1080 g/mol. The third-order valence-electron chi connectivity index (χ3n) is 14.3. The standard InChI is InChI=1S/C59H53BrF4N12O3/c1-32(23-39-42(62)26-49-53(54(39)64)58(34(3)56(74-49)45-9-5-7-15-67-45)72-47-28-50(69-30-41(47)60)75-16-19-78-20-17-75)22-38-31-76(18-21-79-38)51-27-46(40(29-68-51)35-10-12-37(13-11-35)70-59(65)77)71-57-33(2)55(44-8-4-6-14-66-44)73-48-25-36(61)24-43(63)52(48)57/h4-15,24-30,32,38H,16-23,31H2,1-3H3,(H3,65,70,77)(H,68,71,73)(H,69,72,74). The smallest absolute Gasteiger partial charge is 0.316 e. The van der Waals surface area contributed by atoms with Gasteiger partial charge in [-0.05, 0) is 90.5 Å². The second-order valence-corrected chi connectivity index (χ2v) is 20.5. The van der Waals surface area contributed by atoms with Crippen LogP contribution in [0.1, 0.15) is 30.0 Å². The normalized spacial score (nSPS) is 15.1. The maximum absolute atomic E-state index is 17.5. The first kappa shape index (κ1) is 52.7. The summed E-state index contributed by atoms with van der Waals surface area (Å²) in [5.74, 6) is -1.97. The molecule has 2 fully saturated rings. The van der Waals surface area contributed by atoms with Gasteiger partial charge in [0.2, 0.25) is 0 Å². The Hall–Kier alpha value is -8.33. The number of nitrogens with one attached hydrogen (secondary N) is 3. The number of primary amides is 1. The zero-order chi connectivity index (χ0) is 54.9. The number of nitrogens with zero attached hydrogens (tertiary/aromatic N) is 8. The predicted octanol–water partition coefficient (Wildman–Crippen LogP) is 12.6. The number of morpholine rings is 2. The quantitative estimate of drug-likeness (QED) is 0.0756. The molecular formula is C59H53BrF4N12O3. The molecule has 2 amide bonds. The number of pyridine rings is 6. The average Bonchev–Trinajstić information content (AvgIpc) is 3.50. The summed E-state index contributed by atoms with van der Waals surface area (Å²) in [5.41, 5.74) is 12.5. The first-order valence-corrected chi connectivity index (χ1v) is 26.5. The van der Waals surface area contributed by atoms with Crippen LogP contribution >= 0.6 is 15.9 Å². The van der Waals surface area contributed by atoms with Crippen LogP contribution in [0.4, 0.5) is 62.4 Å². The zero-order valence-electron chi connectivity index (χ0n) is 43.3. The summed E-state index contributed by atoms with van der Waals surface area (Å²) in [7, 11) is 0. The van der Waals surface area contributed by atoms with Crippen LogP contribution < -0.4 is 31.5 Å². The molecule has 79 heavy (non-hydrogen) atoms. The van der Waals surface area contributed by atoms with E-state index in [0.717, 1.165) is 11.9 Å². The lowest BCUT2D eigenvalue weighted by Crippen LogP contribution is -2.43. The number of fused-ring (bicyclic) bond motifs is 2. The molecule has 0 radical (unpaired) electrons. The van der Waals surface area contributed by atoms with Gasteiger partial charge in [0.05, 0.1) is 97.7 Å². The Morgan fingerprint density at radius 3 is 2.03 bits per heavy atom. The molecule has 2 saturated heterocycles. The number of nitrogens with two attached hydrogens (primary N) is 1. The minimum absolute atomic E-state index is 0.0586. The van der Waals surface area contributed by atoms with Crippen molar-refractivity contribution in [3.63, 3.8) is 0 Å². The first-order chi connectivity index (χ1) is 38.3. The van der Waals surface area contributed by atoms with Crippen molar-refractivity contribution < 1.29 is 31.8 Å². The fourth-order valence-electron chi connectivity index (χ4n) is 10.4. The van der Waals surface area contributed by atoms with Crippen molar-refractivity contribution in [2.75, 3.05) is 71.7 Å². The van der Waals surface area contributed by atoms with Crippen molar-refractivity contribution in [2.45, 2.75) is 39.7 Å². The van der Waals surface area contributed by atoms with E-state index in [2.05, 4.69) is 56.6 Å². The molecule has 3 aromatic carbocycles. The van der Waals surface area contributed by atoms with Crippen molar-refractivity contribution in [1.29, 1.82) is 0 Å². The minimum atomic E-state index is -0.804. The number of rotatable bonds is 14. The van der Waals surface area contributed by atoms with E-state index >= 15 is 13.2 Å². The van der Waals surface area contributed by atoms with E-state index in [4.69, 9.17) is 30.2 Å². The Morgan fingerprint density at radius 2 is 1.35 bits per heavy atom. The van der Waals surface area contributed by atoms with E-state index in [0.29, 0.717) is 136 Å². The van der Waals surface area contributed by atoms with Crippen LogP contribution in [0.5, 0.6) is 0 Å². The number of amides is 2. The van der Waals surface area contributed by atoms with Gasteiger partial charge in [-0.3, -0.25) is 9.97 Å². The zero-order valence-corrected chi connectivity index (χ0v) is 44.8. The largest absolute Gasteiger partial charge is 0.378 e. The van der Waals surface area contributed by atoms with Crippen molar-refractivity contribution >= 4 is 83.8 Å². The summed E-state index contributed by atoms with van der Waals surface area (Å²) in [6.07, 6.45) is 6.83. The van der Waals surface area contributed by atoms with Crippen LogP contribution in [-0.4, -0.2) is 88.0 Å². The van der Waals surface area contributed by atoms with Gasteiger partial charge in [0.1, 0.15) is 34.9 Å². The molecule has 0 bridgehead atoms. The number of hydrogen-bond donors (Lipinski definition) is 4. The van der Waals surface area contributed by atoms with E-state index in [1.165, 1.54) is 12.1 Å². The molecule has 402 valence electrons. The van der Waals surface area contributed by atoms with Gasteiger partial charge in [0.15, 0.2) is 0 Å². The highest BCUT2D eigenvalue weighted by molar-refractivity contribution is 9.10. The third-order valence-corrected chi connectivity index (χ3v) is 14.9. The highest BCUT2D eigenvalue weighted by atomic mass is 79.9. The number of hydrogen-bond acceptors (Lipinski definition) is 13. The molecule has 2 atom stereocenters. The summed E-state index contributed by atoms with van der Waals surface area (Å²) in [5, 5.41) is 9.81. The van der Waals surface area contributed by atoms with E-state index in [1.807, 2.05) is 44.2 Å². The number of halogens is 5. The molecule has 0 spiro atoms. The Bertz CT molecular complexity index is 3770. The molecule has 20 heteroatoms. The molecule has 2 aliphatic rings. The molecule has 6 aromatic heterocycles. The van der Waals surface area contributed by atoms with Crippen molar-refractivity contribution in [3.8, 4) is 33.9 Å². The van der Waals surface area contributed by atoms with Gasteiger partial charge in [-0.1, -0.05) is 31.2 Å². The lowest BCUT2D eigenvalue weighted by Gasteiger charge is -2.35. The number of urea groups is 1. The molecule has 9 aromatic rings. The Morgan fingerprint density at radius 1 is 0.734 bits per heavy atom. The van der Waals surface area contributed by atoms with Gasteiger partial charge in [0.25, 0.3) is 0 Å². The number of anilines is 7. The molecule has 11 rings (SSSR count). The van der Waals surface area contributed by atoms with Gasteiger partial charge in [-0.15, -0.1) is 0 Å². The van der Waals surface area contributed by atoms with Crippen molar-refractivity contribution in [2.24, 2.45) is 11.7 Å². The van der Waals surface area contributed by atoms with Crippen LogP contribution in [0.15, 0.2) is 120 Å². The summed E-state index contributed by atoms with van der Waals surface area (Å²) in [6.45, 7) is 9.28. The average molecular weight is 1130 g/mol. The monoisotopic (exact) mass is 1130 g/mol. The third kappa shape index (κ3) is 11.1. The number of ether oxygens (including phenoxy) is 2. The fraction of sp³-hybridized carbons (Fsp3) is 0.237. The first-order valence-electron chi connectivity index (χ1n) is 25.7. The molecule has 0 aliphatic carbocycles. The number of carbonyl (C=O) groups is 1. The molecule has 5 N–H and O–H groups in total. The van der Waals surface area contributed by atoms with E-state index in [1.54, 1.807) is 74.2 Å². The highest BCUT2D eigenvalue weighted by Crippen LogP contribution is 2.43. The van der Waals surface area contributed by atoms with Gasteiger partial charge < -0.3 is 41.0 Å². The van der Waals surface area contributed by atoms with E-state index in [-0.39, 0.29) is 45.8 Å².